The average Bonchev–Trinajstić information content (AvgIpc) is 3.73. The number of aromatic nitrogens is 1. The Morgan fingerprint density at radius 2 is 1.02 bits per heavy atom. The molecule has 0 saturated heterocycles. The van der Waals surface area contributed by atoms with Crippen LogP contribution >= 0.6 is 0 Å². The number of rotatable bonds is 4. The fourth-order valence-corrected chi connectivity index (χ4v) is 6.94. The van der Waals surface area contributed by atoms with Crippen LogP contribution in [-0.4, -0.2) is 10.7 Å². The Hall–Kier alpha value is -6.13. The van der Waals surface area contributed by atoms with Gasteiger partial charge in [0.15, 0.2) is 0 Å². The lowest BCUT2D eigenvalue weighted by molar-refractivity contribution is 0.589. The topological polar surface area (TPSA) is 80.2 Å². The third kappa shape index (κ3) is 6.61. The molecule has 4 heteroatoms. The van der Waals surface area contributed by atoms with E-state index in [1.807, 2.05) is 30.4 Å². The third-order valence-electron chi connectivity index (χ3n) is 9.71. The van der Waals surface area contributed by atoms with Gasteiger partial charge in [-0.25, -0.2) is 0 Å². The molecule has 3 heterocycles. The van der Waals surface area contributed by atoms with Gasteiger partial charge in [-0.1, -0.05) is 153 Å². The van der Waals surface area contributed by atoms with Gasteiger partial charge in [-0.15, -0.1) is 0 Å². The SMILES string of the molecule is C[C@@H]1/C2=C(\c3ccccc3)c3ccc([nH]3)/C(c3ccccc3)=C(N)/C=C\C/C(c3ccccc3)=C/C=C\C(N)=C(/c3ccccc3)C(=N2)[C@@H]1C. The first-order valence-electron chi connectivity index (χ1n) is 17.3. The van der Waals surface area contributed by atoms with Gasteiger partial charge in [-0.3, -0.25) is 4.99 Å². The molecule has 2 aliphatic rings. The number of hydrogen-bond acceptors (Lipinski definition) is 3. The highest BCUT2D eigenvalue weighted by Crippen LogP contribution is 2.42. The van der Waals surface area contributed by atoms with E-state index in [4.69, 9.17) is 16.5 Å². The number of allylic oxidation sites excluding steroid dienone is 8. The second kappa shape index (κ2) is 14.6. The van der Waals surface area contributed by atoms with Crippen LogP contribution in [0.3, 0.4) is 0 Å². The van der Waals surface area contributed by atoms with Crippen LogP contribution in [0.5, 0.6) is 0 Å². The van der Waals surface area contributed by atoms with E-state index in [-0.39, 0.29) is 11.8 Å². The molecule has 1 aromatic heterocycles. The van der Waals surface area contributed by atoms with Crippen LogP contribution in [0.15, 0.2) is 186 Å². The van der Waals surface area contributed by atoms with Crippen molar-refractivity contribution in [2.24, 2.45) is 28.3 Å². The van der Waals surface area contributed by atoms with Crippen molar-refractivity contribution in [1.29, 1.82) is 0 Å². The molecule has 0 aliphatic carbocycles. The maximum Gasteiger partial charge on any atom is 0.0541 e. The van der Waals surface area contributed by atoms with Crippen LogP contribution in [0.4, 0.5) is 0 Å². The molecular weight excluding hydrogens is 609 g/mol. The summed E-state index contributed by atoms with van der Waals surface area (Å²) in [5.41, 5.74) is 27.8. The second-order valence-corrected chi connectivity index (χ2v) is 12.9. The summed E-state index contributed by atoms with van der Waals surface area (Å²) >= 11 is 0. The molecule has 7 rings (SSSR count). The summed E-state index contributed by atoms with van der Waals surface area (Å²) in [4.78, 5) is 9.30. The molecule has 4 aromatic carbocycles. The monoisotopic (exact) mass is 650 g/mol. The maximum atomic E-state index is 7.03. The highest BCUT2D eigenvalue weighted by molar-refractivity contribution is 6.27. The van der Waals surface area contributed by atoms with Gasteiger partial charge < -0.3 is 16.5 Å². The number of fused-ring (bicyclic) bond motifs is 3. The summed E-state index contributed by atoms with van der Waals surface area (Å²) in [6.45, 7) is 4.53. The molecule has 5 aromatic rings. The number of H-pyrrole nitrogens is 1. The zero-order valence-corrected chi connectivity index (χ0v) is 28.6. The third-order valence-corrected chi connectivity index (χ3v) is 9.71. The maximum absolute atomic E-state index is 7.03. The molecule has 0 spiro atoms. The fourth-order valence-electron chi connectivity index (χ4n) is 6.94. The largest absolute Gasteiger partial charge is 0.398 e. The van der Waals surface area contributed by atoms with Crippen molar-refractivity contribution in [2.45, 2.75) is 20.3 Å². The van der Waals surface area contributed by atoms with Gasteiger partial charge in [0.2, 0.25) is 0 Å². The van der Waals surface area contributed by atoms with E-state index < -0.39 is 0 Å². The van der Waals surface area contributed by atoms with Crippen LogP contribution in [0.2, 0.25) is 0 Å². The second-order valence-electron chi connectivity index (χ2n) is 12.9. The van der Waals surface area contributed by atoms with Gasteiger partial charge in [0.1, 0.15) is 0 Å². The lowest BCUT2D eigenvalue weighted by atomic mass is 9.84. The van der Waals surface area contributed by atoms with Crippen LogP contribution in [0.1, 0.15) is 53.9 Å². The first-order valence-corrected chi connectivity index (χ1v) is 17.3. The number of hydrogen-bond donors (Lipinski definition) is 3. The molecule has 50 heavy (non-hydrogen) atoms. The number of nitrogens with zero attached hydrogens (tertiary/aromatic N) is 1. The number of benzene rings is 4. The Labute approximate surface area is 295 Å². The van der Waals surface area contributed by atoms with Crippen molar-refractivity contribution >= 4 is 28.0 Å². The molecule has 2 atom stereocenters. The van der Waals surface area contributed by atoms with Gasteiger partial charge in [-0.2, -0.15) is 0 Å². The minimum Gasteiger partial charge on any atom is -0.398 e. The summed E-state index contributed by atoms with van der Waals surface area (Å²) in [7, 11) is 0. The van der Waals surface area contributed by atoms with Crippen molar-refractivity contribution < 1.29 is 0 Å². The molecule has 4 nitrogen and oxygen atoms in total. The molecule has 0 fully saturated rings. The zero-order valence-electron chi connectivity index (χ0n) is 28.6. The van der Waals surface area contributed by atoms with Crippen LogP contribution < -0.4 is 11.5 Å². The molecule has 0 saturated carbocycles. The highest BCUT2D eigenvalue weighted by atomic mass is 14.9. The number of aliphatic imine (C=N–C) groups is 1. The van der Waals surface area contributed by atoms with E-state index in [2.05, 4.69) is 152 Å². The Morgan fingerprint density at radius 1 is 0.540 bits per heavy atom. The summed E-state index contributed by atoms with van der Waals surface area (Å²) in [6.07, 6.45) is 11.1. The van der Waals surface area contributed by atoms with Gasteiger partial charge >= 0.3 is 0 Å². The van der Waals surface area contributed by atoms with E-state index in [1.165, 1.54) is 0 Å². The normalized spacial score (nSPS) is 25.2. The summed E-state index contributed by atoms with van der Waals surface area (Å²) in [5, 5.41) is 0. The molecule has 246 valence electrons. The quantitative estimate of drug-likeness (QED) is 0.181. The number of nitrogens with one attached hydrogen (secondary N) is 1. The van der Waals surface area contributed by atoms with Crippen LogP contribution in [-0.2, 0) is 0 Å². The number of nitrogens with two attached hydrogens (primary N) is 2. The highest BCUT2D eigenvalue weighted by Gasteiger charge is 2.34. The van der Waals surface area contributed by atoms with Crippen molar-refractivity contribution in [3.05, 3.63) is 215 Å². The molecular formula is C46H42N4. The molecule has 0 amide bonds. The predicted molar refractivity (Wildman–Crippen MR) is 211 cm³/mol. The standard InChI is InChI=1S/C46H42N4/c1-31-32(2)46-44(37-23-13-6-14-24-37)41-30-29-40(49-41)42(35-19-9-4-10-20-35)38(47)27-15-25-34(33-17-7-3-8-18-33)26-16-28-39(48)43(45(31)50-46)36-21-11-5-12-22-36/h3-24,26-32,49H,25,47-48H2,1-2H3/b27-15-,28-16-,34-26-,42-38-,43-39-,46-44-/t31-,32+/m1/s1. The first kappa shape index (κ1) is 32.4. The van der Waals surface area contributed by atoms with Crippen molar-refractivity contribution in [3.8, 4) is 0 Å². The van der Waals surface area contributed by atoms with Crippen molar-refractivity contribution in [1.82, 2.24) is 4.98 Å². The fraction of sp³-hybridized carbons (Fsp3) is 0.109. The predicted octanol–water partition coefficient (Wildman–Crippen LogP) is 10.2. The Morgan fingerprint density at radius 3 is 1.60 bits per heavy atom. The first-order chi connectivity index (χ1) is 24.5. The number of aromatic amines is 1. The lowest BCUT2D eigenvalue weighted by Crippen LogP contribution is -2.17. The van der Waals surface area contributed by atoms with Crippen LogP contribution in [0.25, 0.3) is 22.3 Å². The minimum atomic E-state index is 0.123. The minimum absolute atomic E-state index is 0.123. The Balaban J connectivity index is 1.51. The molecule has 4 bridgehead atoms. The summed E-state index contributed by atoms with van der Waals surface area (Å²) in [6, 6.07) is 46.0. The van der Waals surface area contributed by atoms with E-state index in [0.717, 1.165) is 67.3 Å². The van der Waals surface area contributed by atoms with Gasteiger partial charge in [0, 0.05) is 51.3 Å². The Kier molecular flexibility index (Phi) is 9.43. The van der Waals surface area contributed by atoms with Crippen molar-refractivity contribution in [2.75, 3.05) is 0 Å². The smallest absolute Gasteiger partial charge is 0.0541 e. The van der Waals surface area contributed by atoms with E-state index in [1.54, 1.807) is 0 Å². The lowest BCUT2D eigenvalue weighted by Gasteiger charge is -2.18. The van der Waals surface area contributed by atoms with E-state index in [9.17, 15) is 0 Å². The van der Waals surface area contributed by atoms with E-state index >= 15 is 0 Å². The van der Waals surface area contributed by atoms with E-state index in [0.29, 0.717) is 17.8 Å². The molecule has 0 unspecified atom stereocenters. The van der Waals surface area contributed by atoms with Crippen molar-refractivity contribution in [3.63, 3.8) is 0 Å². The van der Waals surface area contributed by atoms with Gasteiger partial charge in [-0.05, 0) is 58.5 Å². The Bertz CT molecular complexity index is 2190. The molecule has 0 radical (unpaired) electrons. The summed E-state index contributed by atoms with van der Waals surface area (Å²) in [5.74, 6) is 0.253. The van der Waals surface area contributed by atoms with Gasteiger partial charge in [0.05, 0.1) is 11.4 Å². The average molecular weight is 651 g/mol. The summed E-state index contributed by atoms with van der Waals surface area (Å²) < 4.78 is 0. The van der Waals surface area contributed by atoms with Gasteiger partial charge in [0.25, 0.3) is 0 Å². The molecule has 2 aliphatic heterocycles. The molecule has 5 N–H and O–H groups in total. The van der Waals surface area contributed by atoms with Crippen LogP contribution in [0, 0.1) is 11.8 Å². The zero-order chi connectivity index (χ0) is 34.5.